The number of phenolic OH excluding ortho intramolecular Hbond substituents is 1. The van der Waals surface area contributed by atoms with E-state index in [1.807, 2.05) is 0 Å². The maximum absolute atomic E-state index is 11.1. The van der Waals surface area contributed by atoms with E-state index in [1.165, 1.54) is 19.2 Å². The zero-order valence-corrected chi connectivity index (χ0v) is 9.78. The predicted octanol–water partition coefficient (Wildman–Crippen LogP) is 0.625. The summed E-state index contributed by atoms with van der Waals surface area (Å²) >= 11 is 0. The summed E-state index contributed by atoms with van der Waals surface area (Å²) in [7, 11) is 1.22. The maximum atomic E-state index is 11.1. The topological polar surface area (TPSA) is 117 Å². The standard InChI is InChI=1S/C12H10O7/c1-18-11-8(14)6(9(15)12(16)17)4-5-2-3-7(13)19-10(5)11/h2-4,9,14-15H,1H3,(H,16,17). The zero-order chi connectivity index (χ0) is 14.2. The maximum Gasteiger partial charge on any atom is 0.337 e. The Kier molecular flexibility index (Phi) is 3.14. The van der Waals surface area contributed by atoms with Crippen molar-refractivity contribution in [3.63, 3.8) is 0 Å². The van der Waals surface area contributed by atoms with Crippen molar-refractivity contribution in [1.29, 1.82) is 0 Å². The lowest BCUT2D eigenvalue weighted by molar-refractivity contribution is -0.147. The van der Waals surface area contributed by atoms with Crippen LogP contribution in [0.25, 0.3) is 11.0 Å². The molecule has 2 rings (SSSR count). The average molecular weight is 266 g/mol. The van der Waals surface area contributed by atoms with Crippen LogP contribution in [0, 0.1) is 0 Å². The Morgan fingerprint density at radius 3 is 2.68 bits per heavy atom. The van der Waals surface area contributed by atoms with Gasteiger partial charge in [-0.3, -0.25) is 0 Å². The number of aliphatic carboxylic acids is 1. The van der Waals surface area contributed by atoms with E-state index in [0.29, 0.717) is 5.39 Å². The highest BCUT2D eigenvalue weighted by Crippen LogP contribution is 2.40. The van der Waals surface area contributed by atoms with Crippen molar-refractivity contribution in [3.8, 4) is 11.5 Å². The SMILES string of the molecule is COc1c(O)c(C(O)C(=O)O)cc2ccc(=O)oc12. The summed E-state index contributed by atoms with van der Waals surface area (Å²) in [5, 5.41) is 28.5. The molecule has 0 amide bonds. The largest absolute Gasteiger partial charge is 0.504 e. The van der Waals surface area contributed by atoms with Crippen molar-refractivity contribution in [3.05, 3.63) is 34.2 Å². The third-order valence-corrected chi connectivity index (χ3v) is 2.60. The van der Waals surface area contributed by atoms with Crippen molar-refractivity contribution in [2.24, 2.45) is 0 Å². The van der Waals surface area contributed by atoms with Crippen LogP contribution in [-0.2, 0) is 4.79 Å². The fourth-order valence-corrected chi connectivity index (χ4v) is 1.72. The fourth-order valence-electron chi connectivity index (χ4n) is 1.72. The minimum Gasteiger partial charge on any atom is -0.504 e. The number of ether oxygens (including phenoxy) is 1. The van der Waals surface area contributed by atoms with Crippen LogP contribution in [0.5, 0.6) is 11.5 Å². The molecule has 0 aliphatic carbocycles. The summed E-state index contributed by atoms with van der Waals surface area (Å²) in [6.07, 6.45) is -1.91. The van der Waals surface area contributed by atoms with E-state index in [-0.39, 0.29) is 16.9 Å². The molecule has 7 heteroatoms. The molecule has 0 aliphatic heterocycles. The van der Waals surface area contributed by atoms with Crippen LogP contribution in [0.1, 0.15) is 11.7 Å². The Morgan fingerprint density at radius 2 is 2.11 bits per heavy atom. The lowest BCUT2D eigenvalue weighted by atomic mass is 10.0. The van der Waals surface area contributed by atoms with E-state index in [9.17, 15) is 19.8 Å². The number of carbonyl (C=O) groups is 1. The minimum atomic E-state index is -1.91. The van der Waals surface area contributed by atoms with Gasteiger partial charge < -0.3 is 24.5 Å². The summed E-state index contributed by atoms with van der Waals surface area (Å²) in [6, 6.07) is 3.73. The second-order valence-electron chi connectivity index (χ2n) is 3.76. The van der Waals surface area contributed by atoms with Gasteiger partial charge in [-0.2, -0.15) is 0 Å². The normalized spacial score (nSPS) is 12.3. The highest BCUT2D eigenvalue weighted by atomic mass is 16.5. The number of phenols is 1. The molecule has 1 unspecified atom stereocenters. The molecular formula is C12H10O7. The van der Waals surface area contributed by atoms with Gasteiger partial charge in [-0.05, 0) is 12.1 Å². The molecule has 1 aromatic heterocycles. The molecule has 19 heavy (non-hydrogen) atoms. The molecule has 0 bridgehead atoms. The lowest BCUT2D eigenvalue weighted by Crippen LogP contribution is -2.11. The zero-order valence-electron chi connectivity index (χ0n) is 9.78. The smallest absolute Gasteiger partial charge is 0.337 e. The van der Waals surface area contributed by atoms with E-state index in [0.717, 1.165) is 6.07 Å². The first-order valence-corrected chi connectivity index (χ1v) is 5.20. The molecule has 0 radical (unpaired) electrons. The van der Waals surface area contributed by atoms with Crippen LogP contribution in [-0.4, -0.2) is 28.4 Å². The molecule has 100 valence electrons. The number of aliphatic hydroxyl groups excluding tert-OH is 1. The Balaban J connectivity index is 2.82. The van der Waals surface area contributed by atoms with Gasteiger partial charge in [0.2, 0.25) is 5.75 Å². The number of aromatic hydroxyl groups is 1. The Labute approximate surface area is 106 Å². The molecule has 0 aliphatic rings. The summed E-state index contributed by atoms with van der Waals surface area (Å²) < 4.78 is 9.79. The highest BCUT2D eigenvalue weighted by Gasteiger charge is 2.25. The monoisotopic (exact) mass is 266 g/mol. The number of hydrogen-bond acceptors (Lipinski definition) is 6. The van der Waals surface area contributed by atoms with Gasteiger partial charge in [0.25, 0.3) is 0 Å². The molecule has 7 nitrogen and oxygen atoms in total. The molecule has 0 fully saturated rings. The molecule has 2 aromatic rings. The number of benzene rings is 1. The van der Waals surface area contributed by atoms with Gasteiger partial charge in [0.15, 0.2) is 17.4 Å². The second-order valence-corrected chi connectivity index (χ2v) is 3.76. The van der Waals surface area contributed by atoms with Crippen LogP contribution in [0.4, 0.5) is 0 Å². The van der Waals surface area contributed by atoms with E-state index in [1.54, 1.807) is 0 Å². The highest BCUT2D eigenvalue weighted by molar-refractivity contribution is 5.88. The van der Waals surface area contributed by atoms with Gasteiger partial charge in [-0.25, -0.2) is 9.59 Å². The number of hydrogen-bond donors (Lipinski definition) is 3. The molecule has 0 saturated carbocycles. The Morgan fingerprint density at radius 1 is 1.42 bits per heavy atom. The second kappa shape index (κ2) is 4.62. The summed E-state index contributed by atoms with van der Waals surface area (Å²) in [4.78, 5) is 21.9. The number of fused-ring (bicyclic) bond motifs is 1. The first kappa shape index (κ1) is 12.9. The number of carboxylic acids is 1. The van der Waals surface area contributed by atoms with Crippen LogP contribution in [0.2, 0.25) is 0 Å². The van der Waals surface area contributed by atoms with Crippen molar-refractivity contribution in [1.82, 2.24) is 0 Å². The van der Waals surface area contributed by atoms with Crippen LogP contribution >= 0.6 is 0 Å². The number of rotatable bonds is 3. The third-order valence-electron chi connectivity index (χ3n) is 2.60. The Bertz CT molecular complexity index is 701. The first-order valence-electron chi connectivity index (χ1n) is 5.20. The predicted molar refractivity (Wildman–Crippen MR) is 63.3 cm³/mol. The van der Waals surface area contributed by atoms with E-state index in [2.05, 4.69) is 0 Å². The van der Waals surface area contributed by atoms with Crippen LogP contribution < -0.4 is 10.4 Å². The molecule has 3 N–H and O–H groups in total. The molecule has 1 heterocycles. The molecule has 1 atom stereocenters. The van der Waals surface area contributed by atoms with Crippen LogP contribution in [0.3, 0.4) is 0 Å². The summed E-state index contributed by atoms with van der Waals surface area (Å²) in [5.41, 5.74) is -0.906. The minimum absolute atomic E-state index is 0.0196. The van der Waals surface area contributed by atoms with E-state index < -0.39 is 23.4 Å². The van der Waals surface area contributed by atoms with Crippen molar-refractivity contribution < 1.29 is 29.3 Å². The van der Waals surface area contributed by atoms with Gasteiger partial charge >= 0.3 is 11.6 Å². The van der Waals surface area contributed by atoms with Gasteiger partial charge in [0.1, 0.15) is 0 Å². The van der Waals surface area contributed by atoms with Crippen LogP contribution in [0.15, 0.2) is 27.4 Å². The molecule has 0 spiro atoms. The number of methoxy groups -OCH3 is 1. The van der Waals surface area contributed by atoms with Crippen molar-refractivity contribution in [2.45, 2.75) is 6.10 Å². The first-order chi connectivity index (χ1) is 8.95. The van der Waals surface area contributed by atoms with Crippen molar-refractivity contribution in [2.75, 3.05) is 7.11 Å². The molecular weight excluding hydrogens is 256 g/mol. The fraction of sp³-hybridized carbons (Fsp3) is 0.167. The number of carboxylic acid groups (broad SMARTS) is 1. The summed E-state index contributed by atoms with van der Waals surface area (Å²) in [6.45, 7) is 0. The average Bonchev–Trinajstić information content (AvgIpc) is 2.37. The van der Waals surface area contributed by atoms with E-state index >= 15 is 0 Å². The molecule has 1 aromatic carbocycles. The van der Waals surface area contributed by atoms with E-state index in [4.69, 9.17) is 14.3 Å². The third kappa shape index (κ3) is 2.11. The Hall–Kier alpha value is -2.54. The lowest BCUT2D eigenvalue weighted by Gasteiger charge is -2.13. The van der Waals surface area contributed by atoms with Gasteiger partial charge in [-0.15, -0.1) is 0 Å². The quantitative estimate of drug-likeness (QED) is 0.697. The molecule has 0 saturated heterocycles. The summed E-state index contributed by atoms with van der Waals surface area (Å²) in [5.74, 6) is -2.31. The van der Waals surface area contributed by atoms with Gasteiger partial charge in [0, 0.05) is 17.0 Å². The van der Waals surface area contributed by atoms with Gasteiger partial charge in [0.05, 0.1) is 7.11 Å². The number of aliphatic hydroxyl groups is 1. The van der Waals surface area contributed by atoms with Gasteiger partial charge in [-0.1, -0.05) is 0 Å². The van der Waals surface area contributed by atoms with Crippen molar-refractivity contribution >= 4 is 16.9 Å².